The maximum Gasteiger partial charge on any atom is 0.223 e. The van der Waals surface area contributed by atoms with Gasteiger partial charge >= 0.3 is 0 Å². The SMILES string of the molecule is CC#CCNC(=O)CCOCCOCCO[C@H](CCCNC)SSC(C)(C)C. The van der Waals surface area contributed by atoms with Crippen LogP contribution in [0.15, 0.2) is 0 Å². The minimum absolute atomic E-state index is 0.0491. The van der Waals surface area contributed by atoms with Gasteiger partial charge in [0, 0.05) is 11.2 Å². The van der Waals surface area contributed by atoms with Crippen LogP contribution in [-0.4, -0.2) is 69.3 Å². The number of carbonyl (C=O) groups excluding carboxylic acids is 1. The van der Waals surface area contributed by atoms with E-state index >= 15 is 0 Å². The second kappa shape index (κ2) is 18.6. The van der Waals surface area contributed by atoms with Crippen LogP contribution in [0.2, 0.25) is 0 Å². The molecule has 0 aromatic carbocycles. The van der Waals surface area contributed by atoms with E-state index in [-0.39, 0.29) is 16.1 Å². The first-order valence-electron chi connectivity index (χ1n) is 9.81. The Bertz CT molecular complexity index is 448. The van der Waals surface area contributed by atoms with E-state index in [1.54, 1.807) is 17.7 Å². The number of amides is 1. The number of hydrogen-bond acceptors (Lipinski definition) is 7. The highest BCUT2D eigenvalue weighted by Crippen LogP contribution is 2.39. The first-order chi connectivity index (χ1) is 13.4. The molecule has 2 N–H and O–H groups in total. The van der Waals surface area contributed by atoms with Crippen molar-refractivity contribution in [2.75, 3.05) is 53.2 Å². The van der Waals surface area contributed by atoms with E-state index in [0.717, 1.165) is 19.4 Å². The van der Waals surface area contributed by atoms with E-state index in [4.69, 9.17) is 14.2 Å². The molecule has 6 nitrogen and oxygen atoms in total. The van der Waals surface area contributed by atoms with Crippen molar-refractivity contribution in [2.45, 2.75) is 57.1 Å². The molecule has 0 radical (unpaired) electrons. The van der Waals surface area contributed by atoms with Crippen LogP contribution in [0.3, 0.4) is 0 Å². The molecule has 28 heavy (non-hydrogen) atoms. The van der Waals surface area contributed by atoms with Crippen LogP contribution in [0, 0.1) is 11.8 Å². The number of ether oxygens (including phenoxy) is 3. The lowest BCUT2D eigenvalue weighted by molar-refractivity contribution is -0.122. The molecule has 0 rings (SSSR count). The van der Waals surface area contributed by atoms with Crippen LogP contribution in [-0.2, 0) is 19.0 Å². The summed E-state index contributed by atoms with van der Waals surface area (Å²) in [4.78, 5) is 11.5. The fraction of sp³-hybridized carbons (Fsp3) is 0.850. The van der Waals surface area contributed by atoms with E-state index in [0.29, 0.717) is 46.0 Å². The van der Waals surface area contributed by atoms with Crippen molar-refractivity contribution in [2.24, 2.45) is 0 Å². The summed E-state index contributed by atoms with van der Waals surface area (Å²) in [6.07, 6.45) is 2.45. The number of rotatable bonds is 17. The molecule has 0 saturated carbocycles. The lowest BCUT2D eigenvalue weighted by atomic mass is 10.3. The lowest BCUT2D eigenvalue weighted by Crippen LogP contribution is -2.25. The van der Waals surface area contributed by atoms with Crippen LogP contribution in [0.25, 0.3) is 0 Å². The van der Waals surface area contributed by atoms with Gasteiger partial charge in [0.2, 0.25) is 5.91 Å². The highest BCUT2D eigenvalue weighted by molar-refractivity contribution is 8.77. The van der Waals surface area contributed by atoms with Crippen LogP contribution in [0.1, 0.15) is 47.0 Å². The Balaban J connectivity index is 3.68. The Morgan fingerprint density at radius 3 is 2.43 bits per heavy atom. The summed E-state index contributed by atoms with van der Waals surface area (Å²) in [6.45, 7) is 12.2. The van der Waals surface area contributed by atoms with Gasteiger partial charge in [0.15, 0.2) is 0 Å². The van der Waals surface area contributed by atoms with E-state index in [1.807, 2.05) is 17.8 Å². The van der Waals surface area contributed by atoms with Gasteiger partial charge in [-0.3, -0.25) is 4.79 Å². The predicted octanol–water partition coefficient (Wildman–Crippen LogP) is 3.07. The highest BCUT2D eigenvalue weighted by atomic mass is 33.1. The number of nitrogens with one attached hydrogen (secondary N) is 2. The molecule has 0 fully saturated rings. The standard InChI is InChI=1S/C20H38N2O4S2/c1-6-7-12-22-18(23)10-13-24-14-15-25-16-17-26-19(9-8-11-21-5)27-28-20(2,3)4/h19,21H,8-17H2,1-5H3,(H,22,23)/t19-/m0/s1. The van der Waals surface area contributed by atoms with E-state index < -0.39 is 0 Å². The number of hydrogen-bond donors (Lipinski definition) is 2. The summed E-state index contributed by atoms with van der Waals surface area (Å²) in [7, 11) is 5.63. The fourth-order valence-electron chi connectivity index (χ4n) is 1.85. The predicted molar refractivity (Wildman–Crippen MR) is 121 cm³/mol. The van der Waals surface area contributed by atoms with Crippen molar-refractivity contribution in [1.82, 2.24) is 10.6 Å². The minimum atomic E-state index is -0.0491. The van der Waals surface area contributed by atoms with Gasteiger partial charge in [-0.15, -0.1) is 5.92 Å². The van der Waals surface area contributed by atoms with Crippen molar-refractivity contribution in [1.29, 1.82) is 0 Å². The molecular formula is C20H38N2O4S2. The molecule has 0 heterocycles. The average molecular weight is 435 g/mol. The van der Waals surface area contributed by atoms with Crippen LogP contribution in [0.5, 0.6) is 0 Å². The zero-order valence-corrected chi connectivity index (χ0v) is 19.7. The second-order valence-electron chi connectivity index (χ2n) is 7.02. The van der Waals surface area contributed by atoms with Crippen molar-refractivity contribution in [3.8, 4) is 11.8 Å². The molecule has 0 saturated heterocycles. The Hall–Kier alpha value is -0.430. The third-order valence-electron chi connectivity index (χ3n) is 3.20. The second-order valence-corrected chi connectivity index (χ2v) is 10.2. The van der Waals surface area contributed by atoms with E-state index in [9.17, 15) is 4.79 Å². The molecule has 1 atom stereocenters. The third-order valence-corrected chi connectivity index (χ3v) is 6.81. The van der Waals surface area contributed by atoms with Crippen molar-refractivity contribution >= 4 is 27.5 Å². The minimum Gasteiger partial charge on any atom is -0.379 e. The van der Waals surface area contributed by atoms with Crippen LogP contribution >= 0.6 is 21.6 Å². The van der Waals surface area contributed by atoms with Crippen molar-refractivity contribution < 1.29 is 19.0 Å². The Morgan fingerprint density at radius 1 is 1.11 bits per heavy atom. The quantitative estimate of drug-likeness (QED) is 0.158. The van der Waals surface area contributed by atoms with Gasteiger partial charge < -0.3 is 24.8 Å². The molecule has 0 aliphatic carbocycles. The molecule has 0 aromatic rings. The molecule has 0 aliphatic heterocycles. The zero-order valence-electron chi connectivity index (χ0n) is 18.1. The van der Waals surface area contributed by atoms with E-state index in [1.165, 1.54) is 0 Å². The van der Waals surface area contributed by atoms with Crippen LogP contribution in [0.4, 0.5) is 0 Å². The molecule has 1 amide bonds. The first-order valence-corrected chi connectivity index (χ1v) is 12.0. The summed E-state index contributed by atoms with van der Waals surface area (Å²) in [5.41, 5.74) is 0.174. The van der Waals surface area contributed by atoms with Crippen LogP contribution < -0.4 is 10.6 Å². The highest BCUT2D eigenvalue weighted by Gasteiger charge is 2.17. The smallest absolute Gasteiger partial charge is 0.223 e. The van der Waals surface area contributed by atoms with Gasteiger partial charge in [-0.2, -0.15) is 0 Å². The van der Waals surface area contributed by atoms with Gasteiger partial charge in [0.1, 0.15) is 5.44 Å². The molecule has 0 aromatic heterocycles. The summed E-state index contributed by atoms with van der Waals surface area (Å²) >= 11 is 0. The molecule has 0 bridgehead atoms. The molecule has 0 spiro atoms. The van der Waals surface area contributed by atoms with Gasteiger partial charge in [-0.1, -0.05) is 48.3 Å². The summed E-state index contributed by atoms with van der Waals surface area (Å²) in [5.74, 6) is 5.47. The Kier molecular flexibility index (Phi) is 18.3. The lowest BCUT2D eigenvalue weighted by Gasteiger charge is -2.22. The normalized spacial score (nSPS) is 12.3. The van der Waals surface area contributed by atoms with Gasteiger partial charge in [-0.05, 0) is 33.4 Å². The number of carbonyl (C=O) groups is 1. The van der Waals surface area contributed by atoms with Crippen molar-refractivity contribution in [3.05, 3.63) is 0 Å². The molecular weight excluding hydrogens is 396 g/mol. The Morgan fingerprint density at radius 2 is 1.79 bits per heavy atom. The summed E-state index contributed by atoms with van der Waals surface area (Å²) in [6, 6.07) is 0. The average Bonchev–Trinajstić information content (AvgIpc) is 2.63. The van der Waals surface area contributed by atoms with Gasteiger partial charge in [-0.25, -0.2) is 0 Å². The maximum absolute atomic E-state index is 11.5. The monoisotopic (exact) mass is 434 g/mol. The summed E-state index contributed by atoms with van der Waals surface area (Å²) in [5, 5.41) is 5.88. The largest absolute Gasteiger partial charge is 0.379 e. The molecule has 164 valence electrons. The third kappa shape index (κ3) is 20.3. The zero-order chi connectivity index (χ0) is 21.1. The summed E-state index contributed by atoms with van der Waals surface area (Å²) < 4.78 is 17.1. The van der Waals surface area contributed by atoms with Gasteiger partial charge in [0.25, 0.3) is 0 Å². The molecule has 8 heteroatoms. The maximum atomic E-state index is 11.5. The van der Waals surface area contributed by atoms with Crippen molar-refractivity contribution in [3.63, 3.8) is 0 Å². The first kappa shape index (κ1) is 27.6. The fourth-order valence-corrected chi connectivity index (χ4v) is 4.30. The Labute approximate surface area is 179 Å². The van der Waals surface area contributed by atoms with Gasteiger partial charge in [0.05, 0.1) is 39.6 Å². The molecule has 0 unspecified atom stereocenters. The van der Waals surface area contributed by atoms with E-state index in [2.05, 4.69) is 43.2 Å². The molecule has 0 aliphatic rings. The topological polar surface area (TPSA) is 68.8 Å².